The van der Waals surface area contributed by atoms with E-state index in [-0.39, 0.29) is 9.79 Å². The second-order valence-electron chi connectivity index (χ2n) is 5.56. The third kappa shape index (κ3) is 6.09. The smallest absolute Gasteiger partial charge is 0.316 e. The van der Waals surface area contributed by atoms with Crippen LogP contribution in [0.4, 0.5) is 0 Å². The minimum absolute atomic E-state index is 0.0369. The van der Waals surface area contributed by atoms with Crippen LogP contribution in [-0.4, -0.2) is 36.5 Å². The predicted octanol–water partition coefficient (Wildman–Crippen LogP) is 2.14. The van der Waals surface area contributed by atoms with Gasteiger partial charge < -0.3 is 4.74 Å². The Morgan fingerprint density at radius 3 is 2.11 bits per heavy atom. The van der Waals surface area contributed by atoms with E-state index in [0.29, 0.717) is 5.56 Å². The molecule has 2 aromatic rings. The Morgan fingerprint density at radius 1 is 0.852 bits per heavy atom. The normalized spacial score (nSPS) is 13.4. The molecule has 147 valence electrons. The van der Waals surface area contributed by atoms with Gasteiger partial charge in [-0.1, -0.05) is 35.9 Å². The number of hydrogen-bond acceptors (Lipinski definition) is 7. The van der Waals surface area contributed by atoms with E-state index >= 15 is 0 Å². The van der Waals surface area contributed by atoms with Crippen molar-refractivity contribution in [3.63, 3.8) is 0 Å². The number of aryl methyl sites for hydroxylation is 2. The summed E-state index contributed by atoms with van der Waals surface area (Å²) in [6.07, 6.45) is 0. The molecule has 0 saturated heterocycles. The molecule has 0 bridgehead atoms. The summed E-state index contributed by atoms with van der Waals surface area (Å²) >= 11 is 0. The summed E-state index contributed by atoms with van der Waals surface area (Å²) in [6.45, 7) is 0.0801. The third-order valence-electron chi connectivity index (χ3n) is 3.45. The van der Waals surface area contributed by atoms with Crippen molar-refractivity contribution in [1.29, 1.82) is 0 Å². The summed E-state index contributed by atoms with van der Waals surface area (Å²) < 4.78 is 61.8. The van der Waals surface area contributed by atoms with Crippen molar-refractivity contribution in [2.75, 3.05) is 13.2 Å². The van der Waals surface area contributed by atoms with Crippen LogP contribution < -0.4 is 0 Å². The van der Waals surface area contributed by atoms with Crippen molar-refractivity contribution < 1.29 is 35.0 Å². The van der Waals surface area contributed by atoms with E-state index in [2.05, 4.69) is 8.92 Å². The lowest BCUT2D eigenvalue weighted by Crippen LogP contribution is -2.23. The standard InChI is InChI=1S/C17H19O8S2/c1-13-7-9-15(10-8-13)26(19,20)24-12-11-23-17(18)25-27(21,22)16-6-4-3-5-14(16)2/h3-10,17H,11-12H2,1-2H3. The highest BCUT2D eigenvalue weighted by Crippen LogP contribution is 2.18. The van der Waals surface area contributed by atoms with Gasteiger partial charge in [0.05, 0.1) is 23.0 Å². The van der Waals surface area contributed by atoms with Gasteiger partial charge in [-0.25, -0.2) is 4.18 Å². The van der Waals surface area contributed by atoms with E-state index in [1.807, 2.05) is 6.92 Å². The highest BCUT2D eigenvalue weighted by atomic mass is 32.2. The number of benzene rings is 2. The van der Waals surface area contributed by atoms with Crippen LogP contribution in [0.25, 0.3) is 0 Å². The molecule has 0 fully saturated rings. The fraction of sp³-hybridized carbons (Fsp3) is 0.294. The quantitative estimate of drug-likeness (QED) is 0.350. The zero-order chi connectivity index (χ0) is 20.1. The number of rotatable bonds is 9. The fourth-order valence-corrected chi connectivity index (χ4v) is 4.05. The van der Waals surface area contributed by atoms with Crippen LogP contribution in [0.1, 0.15) is 11.1 Å². The molecule has 0 amide bonds. The van der Waals surface area contributed by atoms with E-state index in [1.165, 1.54) is 24.3 Å². The molecule has 2 rings (SSSR count). The third-order valence-corrected chi connectivity index (χ3v) is 6.19. The van der Waals surface area contributed by atoms with Gasteiger partial charge in [-0.15, -0.1) is 0 Å². The van der Waals surface area contributed by atoms with Gasteiger partial charge in [-0.3, -0.25) is 4.18 Å². The van der Waals surface area contributed by atoms with Gasteiger partial charge in [0, 0.05) is 0 Å². The summed E-state index contributed by atoms with van der Waals surface area (Å²) in [5, 5.41) is 11.6. The van der Waals surface area contributed by atoms with Crippen molar-refractivity contribution in [1.82, 2.24) is 0 Å². The summed E-state index contributed by atoms with van der Waals surface area (Å²) in [4.78, 5) is -0.183. The van der Waals surface area contributed by atoms with Crippen LogP contribution in [-0.2, 0) is 38.4 Å². The van der Waals surface area contributed by atoms with E-state index in [9.17, 15) is 21.9 Å². The summed E-state index contributed by atoms with van der Waals surface area (Å²) in [6, 6.07) is 12.0. The van der Waals surface area contributed by atoms with Gasteiger partial charge in [0.1, 0.15) is 0 Å². The minimum Gasteiger partial charge on any atom is -0.325 e. The average molecular weight is 415 g/mol. The largest absolute Gasteiger partial charge is 0.325 e. The molecule has 10 heteroatoms. The van der Waals surface area contributed by atoms with Crippen LogP contribution >= 0.6 is 0 Å². The van der Waals surface area contributed by atoms with E-state index < -0.39 is 39.9 Å². The molecule has 0 spiro atoms. The van der Waals surface area contributed by atoms with Crippen molar-refractivity contribution in [3.05, 3.63) is 59.7 Å². The van der Waals surface area contributed by atoms with Gasteiger partial charge >= 0.3 is 16.6 Å². The molecule has 0 N–H and O–H groups in total. The fourth-order valence-electron chi connectivity index (χ4n) is 2.08. The Kier molecular flexibility index (Phi) is 7.09. The molecule has 0 aromatic heterocycles. The first-order valence-corrected chi connectivity index (χ1v) is 10.7. The van der Waals surface area contributed by atoms with E-state index in [1.54, 1.807) is 31.2 Å². The van der Waals surface area contributed by atoms with Crippen molar-refractivity contribution in [2.45, 2.75) is 30.1 Å². The first-order valence-electron chi connectivity index (χ1n) is 7.84. The van der Waals surface area contributed by atoms with Gasteiger partial charge in [0.15, 0.2) is 0 Å². The molecule has 8 nitrogen and oxygen atoms in total. The molecule has 0 aliphatic rings. The molecule has 1 unspecified atom stereocenters. The van der Waals surface area contributed by atoms with E-state index in [0.717, 1.165) is 5.56 Å². The molecular formula is C17H19O8S2. The number of ether oxygens (including phenoxy) is 1. The Labute approximate surface area is 158 Å². The first kappa shape index (κ1) is 21.5. The molecule has 0 aliphatic carbocycles. The maximum absolute atomic E-state index is 12.0. The molecule has 0 saturated carbocycles. The Bertz CT molecular complexity index is 966. The van der Waals surface area contributed by atoms with Crippen LogP contribution in [0.2, 0.25) is 0 Å². The second kappa shape index (κ2) is 8.91. The first-order chi connectivity index (χ1) is 12.6. The van der Waals surface area contributed by atoms with E-state index in [4.69, 9.17) is 4.18 Å². The molecule has 0 heterocycles. The van der Waals surface area contributed by atoms with Gasteiger partial charge in [0.25, 0.3) is 10.1 Å². The number of hydrogen-bond donors (Lipinski definition) is 0. The second-order valence-corrected chi connectivity index (χ2v) is 8.72. The maximum Gasteiger partial charge on any atom is 0.316 e. The SMILES string of the molecule is Cc1ccc(S(=O)(=O)OCCOC([O])OS(=O)(=O)c2ccccc2C)cc1. The van der Waals surface area contributed by atoms with Crippen LogP contribution in [0, 0.1) is 13.8 Å². The van der Waals surface area contributed by atoms with Crippen LogP contribution in [0.5, 0.6) is 0 Å². The molecule has 27 heavy (non-hydrogen) atoms. The highest BCUT2D eigenvalue weighted by molar-refractivity contribution is 7.87. The topological polar surface area (TPSA) is 116 Å². The van der Waals surface area contributed by atoms with Crippen LogP contribution in [0.15, 0.2) is 58.3 Å². The monoisotopic (exact) mass is 415 g/mol. The lowest BCUT2D eigenvalue weighted by atomic mass is 10.2. The highest BCUT2D eigenvalue weighted by Gasteiger charge is 2.23. The average Bonchev–Trinajstić information content (AvgIpc) is 2.59. The Hall–Kier alpha value is -1.82. The summed E-state index contributed by atoms with van der Waals surface area (Å²) in [5.41, 5.74) is 1.30. The van der Waals surface area contributed by atoms with Crippen molar-refractivity contribution in [3.8, 4) is 0 Å². The lowest BCUT2D eigenvalue weighted by molar-refractivity contribution is -0.249. The van der Waals surface area contributed by atoms with Gasteiger partial charge in [-0.2, -0.15) is 21.9 Å². The predicted molar refractivity (Wildman–Crippen MR) is 94.2 cm³/mol. The maximum atomic E-state index is 12.0. The van der Waals surface area contributed by atoms with Crippen LogP contribution in [0.3, 0.4) is 0 Å². The lowest BCUT2D eigenvalue weighted by Gasteiger charge is -2.12. The van der Waals surface area contributed by atoms with Gasteiger partial charge in [-0.05, 0) is 37.6 Å². The zero-order valence-corrected chi connectivity index (χ0v) is 16.3. The zero-order valence-electron chi connectivity index (χ0n) is 14.7. The minimum atomic E-state index is -4.30. The Balaban J connectivity index is 1.85. The molecule has 0 aliphatic heterocycles. The molecule has 2 aromatic carbocycles. The summed E-state index contributed by atoms with van der Waals surface area (Å²) in [5.74, 6) is 0. The molecule has 1 radical (unpaired) electrons. The Morgan fingerprint density at radius 2 is 1.48 bits per heavy atom. The molecular weight excluding hydrogens is 396 g/mol. The van der Waals surface area contributed by atoms with Crippen molar-refractivity contribution >= 4 is 20.2 Å². The van der Waals surface area contributed by atoms with Gasteiger partial charge in [0.2, 0.25) is 0 Å². The summed E-state index contributed by atoms with van der Waals surface area (Å²) in [7, 11) is -8.30. The van der Waals surface area contributed by atoms with Crippen molar-refractivity contribution in [2.24, 2.45) is 0 Å². The molecule has 1 atom stereocenters.